The van der Waals surface area contributed by atoms with E-state index in [4.69, 9.17) is 4.98 Å². The molecule has 0 bridgehead atoms. The van der Waals surface area contributed by atoms with Gasteiger partial charge in [0.25, 0.3) is 0 Å². The lowest BCUT2D eigenvalue weighted by Gasteiger charge is -2.24. The lowest BCUT2D eigenvalue weighted by molar-refractivity contribution is 0.462. The van der Waals surface area contributed by atoms with Crippen LogP contribution < -0.4 is 10.2 Å². The van der Waals surface area contributed by atoms with Gasteiger partial charge in [-0.2, -0.15) is 4.98 Å². The van der Waals surface area contributed by atoms with Crippen LogP contribution in [0.3, 0.4) is 0 Å². The zero-order valence-electron chi connectivity index (χ0n) is 12.4. The molecule has 1 aromatic rings. The molecule has 3 rings (SSSR count). The second-order valence-corrected chi connectivity index (χ2v) is 6.12. The Morgan fingerprint density at radius 1 is 0.950 bits per heavy atom. The highest BCUT2D eigenvalue weighted by molar-refractivity contribution is 5.42. The fraction of sp³-hybridized carbons (Fsp3) is 0.750. The van der Waals surface area contributed by atoms with Crippen molar-refractivity contribution in [1.29, 1.82) is 0 Å². The summed E-state index contributed by atoms with van der Waals surface area (Å²) in [7, 11) is 0. The van der Waals surface area contributed by atoms with E-state index in [0.29, 0.717) is 6.04 Å². The Morgan fingerprint density at radius 3 is 2.40 bits per heavy atom. The molecule has 4 heteroatoms. The van der Waals surface area contributed by atoms with Crippen molar-refractivity contribution in [2.75, 3.05) is 23.3 Å². The van der Waals surface area contributed by atoms with Gasteiger partial charge in [0.05, 0.1) is 0 Å². The third-order valence-corrected chi connectivity index (χ3v) is 4.49. The SMILES string of the molecule is c1cc(NC2CCCCC2)nc(N2CCCCCC2)n1. The van der Waals surface area contributed by atoms with Crippen molar-refractivity contribution in [2.45, 2.75) is 63.8 Å². The quantitative estimate of drug-likeness (QED) is 0.914. The van der Waals surface area contributed by atoms with Gasteiger partial charge < -0.3 is 10.2 Å². The van der Waals surface area contributed by atoms with E-state index in [2.05, 4.69) is 15.2 Å². The molecule has 4 nitrogen and oxygen atoms in total. The third kappa shape index (κ3) is 3.62. The number of hydrogen-bond donors (Lipinski definition) is 1. The molecule has 1 aromatic heterocycles. The maximum atomic E-state index is 4.74. The fourth-order valence-electron chi connectivity index (χ4n) is 3.31. The number of aromatic nitrogens is 2. The summed E-state index contributed by atoms with van der Waals surface area (Å²) in [6, 6.07) is 2.62. The van der Waals surface area contributed by atoms with Crippen LogP contribution in [0.15, 0.2) is 12.3 Å². The third-order valence-electron chi connectivity index (χ3n) is 4.49. The number of nitrogens with zero attached hydrogens (tertiary/aromatic N) is 3. The minimum absolute atomic E-state index is 0.607. The highest BCUT2D eigenvalue weighted by atomic mass is 15.3. The first-order chi connectivity index (χ1) is 9.92. The van der Waals surface area contributed by atoms with Crippen LogP contribution in [0.4, 0.5) is 11.8 Å². The smallest absolute Gasteiger partial charge is 0.227 e. The Bertz CT molecular complexity index is 407. The number of anilines is 2. The van der Waals surface area contributed by atoms with Crippen LogP contribution in [0, 0.1) is 0 Å². The van der Waals surface area contributed by atoms with E-state index in [1.807, 2.05) is 12.3 Å². The maximum Gasteiger partial charge on any atom is 0.227 e. The molecule has 20 heavy (non-hydrogen) atoms. The lowest BCUT2D eigenvalue weighted by Crippen LogP contribution is -2.27. The second kappa shape index (κ2) is 6.91. The monoisotopic (exact) mass is 274 g/mol. The minimum Gasteiger partial charge on any atom is -0.367 e. The summed E-state index contributed by atoms with van der Waals surface area (Å²) in [4.78, 5) is 11.6. The zero-order chi connectivity index (χ0) is 13.6. The average molecular weight is 274 g/mol. The largest absolute Gasteiger partial charge is 0.367 e. The maximum absolute atomic E-state index is 4.74. The van der Waals surface area contributed by atoms with Gasteiger partial charge in [-0.15, -0.1) is 0 Å². The molecule has 1 aliphatic carbocycles. The second-order valence-electron chi connectivity index (χ2n) is 6.12. The molecule has 0 amide bonds. The van der Waals surface area contributed by atoms with Gasteiger partial charge in [-0.25, -0.2) is 4.98 Å². The molecule has 2 aliphatic rings. The van der Waals surface area contributed by atoms with Crippen molar-refractivity contribution < 1.29 is 0 Å². The van der Waals surface area contributed by atoms with Gasteiger partial charge in [-0.1, -0.05) is 32.1 Å². The number of hydrogen-bond acceptors (Lipinski definition) is 4. The molecule has 1 saturated carbocycles. The summed E-state index contributed by atoms with van der Waals surface area (Å²) in [5, 5.41) is 3.60. The van der Waals surface area contributed by atoms with Crippen molar-refractivity contribution in [3.8, 4) is 0 Å². The van der Waals surface area contributed by atoms with Gasteiger partial charge in [-0.05, 0) is 31.7 Å². The molecule has 110 valence electrons. The van der Waals surface area contributed by atoms with Gasteiger partial charge in [0.2, 0.25) is 5.95 Å². The summed E-state index contributed by atoms with van der Waals surface area (Å²) in [6.45, 7) is 2.21. The lowest BCUT2D eigenvalue weighted by atomic mass is 9.95. The van der Waals surface area contributed by atoms with E-state index in [1.54, 1.807) is 0 Å². The van der Waals surface area contributed by atoms with E-state index < -0.39 is 0 Å². The number of nitrogens with one attached hydrogen (secondary N) is 1. The molecule has 0 atom stereocenters. The topological polar surface area (TPSA) is 41.1 Å². The molecular weight excluding hydrogens is 248 g/mol. The highest BCUT2D eigenvalue weighted by Gasteiger charge is 2.16. The van der Waals surface area contributed by atoms with Crippen LogP contribution in [0.5, 0.6) is 0 Å². The van der Waals surface area contributed by atoms with Crippen LogP contribution in [0.1, 0.15) is 57.8 Å². The minimum atomic E-state index is 0.607. The molecule has 0 spiro atoms. The Morgan fingerprint density at radius 2 is 1.65 bits per heavy atom. The van der Waals surface area contributed by atoms with Crippen LogP contribution >= 0.6 is 0 Å². The van der Waals surface area contributed by atoms with Gasteiger partial charge in [0.1, 0.15) is 5.82 Å². The van der Waals surface area contributed by atoms with Crippen molar-refractivity contribution >= 4 is 11.8 Å². The van der Waals surface area contributed by atoms with Crippen molar-refractivity contribution in [3.63, 3.8) is 0 Å². The Labute approximate surface area is 122 Å². The normalized spacial score (nSPS) is 21.5. The van der Waals surface area contributed by atoms with Crippen molar-refractivity contribution in [3.05, 3.63) is 12.3 Å². The van der Waals surface area contributed by atoms with Gasteiger partial charge >= 0.3 is 0 Å². The summed E-state index contributed by atoms with van der Waals surface area (Å²) in [5.74, 6) is 1.92. The van der Waals surface area contributed by atoms with E-state index in [1.165, 1.54) is 57.8 Å². The molecule has 0 aromatic carbocycles. The van der Waals surface area contributed by atoms with E-state index in [9.17, 15) is 0 Å². The summed E-state index contributed by atoms with van der Waals surface area (Å²) < 4.78 is 0. The predicted octanol–water partition coefficient (Wildman–Crippen LogP) is 3.60. The summed E-state index contributed by atoms with van der Waals surface area (Å²) >= 11 is 0. The summed E-state index contributed by atoms with van der Waals surface area (Å²) in [5.41, 5.74) is 0. The van der Waals surface area contributed by atoms with Crippen LogP contribution in [-0.4, -0.2) is 29.1 Å². The molecule has 0 radical (unpaired) electrons. The molecule has 2 fully saturated rings. The van der Waals surface area contributed by atoms with E-state index >= 15 is 0 Å². The summed E-state index contributed by atoms with van der Waals surface area (Å²) in [6.07, 6.45) is 13.8. The Hall–Kier alpha value is -1.32. The van der Waals surface area contributed by atoms with Crippen LogP contribution in [0.25, 0.3) is 0 Å². The first-order valence-electron chi connectivity index (χ1n) is 8.26. The van der Waals surface area contributed by atoms with Crippen LogP contribution in [-0.2, 0) is 0 Å². The van der Waals surface area contributed by atoms with E-state index in [0.717, 1.165) is 24.9 Å². The highest BCUT2D eigenvalue weighted by Crippen LogP contribution is 2.22. The number of rotatable bonds is 3. The molecule has 1 aliphatic heterocycles. The zero-order valence-corrected chi connectivity index (χ0v) is 12.4. The first-order valence-corrected chi connectivity index (χ1v) is 8.26. The Balaban J connectivity index is 1.65. The molecule has 1 saturated heterocycles. The van der Waals surface area contributed by atoms with Gasteiger partial charge in [-0.3, -0.25) is 0 Å². The fourth-order valence-corrected chi connectivity index (χ4v) is 3.31. The van der Waals surface area contributed by atoms with Gasteiger partial charge in [0, 0.05) is 25.3 Å². The molecule has 2 heterocycles. The predicted molar refractivity (Wildman–Crippen MR) is 83.2 cm³/mol. The molecular formula is C16H26N4. The van der Waals surface area contributed by atoms with E-state index in [-0.39, 0.29) is 0 Å². The van der Waals surface area contributed by atoms with Crippen molar-refractivity contribution in [1.82, 2.24) is 9.97 Å². The molecule has 1 N–H and O–H groups in total. The van der Waals surface area contributed by atoms with Gasteiger partial charge in [0.15, 0.2) is 0 Å². The standard InChI is InChI=1S/C16H26N4/c1-2-7-13-20(12-6-1)16-17-11-10-15(19-16)18-14-8-4-3-5-9-14/h10-11,14H,1-9,12-13H2,(H,17,18,19). The van der Waals surface area contributed by atoms with Crippen LogP contribution in [0.2, 0.25) is 0 Å². The molecule has 0 unspecified atom stereocenters. The average Bonchev–Trinajstić information content (AvgIpc) is 2.78. The first kappa shape index (κ1) is 13.7. The Kier molecular flexibility index (Phi) is 4.72. The van der Waals surface area contributed by atoms with Crippen molar-refractivity contribution in [2.24, 2.45) is 0 Å².